The highest BCUT2D eigenvalue weighted by molar-refractivity contribution is 6.34. The largest absolute Gasteiger partial charge is 0.361 e. The second-order valence-electron chi connectivity index (χ2n) is 3.63. The van der Waals surface area contributed by atoms with Gasteiger partial charge in [0.1, 0.15) is 0 Å². The first-order chi connectivity index (χ1) is 5.63. The molecule has 3 N–H and O–H groups in total. The normalized spacial score (nSPS) is 24.5. The number of carbonyl (C=O) groups excluding carboxylic acids is 2. The van der Waals surface area contributed by atoms with Gasteiger partial charge in [-0.15, -0.1) is 0 Å². The van der Waals surface area contributed by atoms with E-state index in [1.807, 2.05) is 0 Å². The summed E-state index contributed by atoms with van der Waals surface area (Å²) in [6, 6.07) is 0. The average molecular weight is 169 g/mol. The summed E-state index contributed by atoms with van der Waals surface area (Å²) in [6.45, 7) is 3.27. The zero-order valence-electron chi connectivity index (χ0n) is 6.67. The first-order valence-electron chi connectivity index (χ1n) is 3.92. The van der Waals surface area contributed by atoms with Crippen LogP contribution in [-0.4, -0.2) is 42.9 Å². The summed E-state index contributed by atoms with van der Waals surface area (Å²) in [5.41, 5.74) is 5.12. The minimum atomic E-state index is -0.850. The minimum absolute atomic E-state index is 0.269. The third kappa shape index (κ3) is 0.896. The molecule has 0 aromatic heterocycles. The molecule has 1 spiro atoms. The molecule has 0 unspecified atom stereocenters. The quantitative estimate of drug-likeness (QED) is 0.408. The molecule has 66 valence electrons. The highest BCUT2D eigenvalue weighted by Gasteiger charge is 2.49. The summed E-state index contributed by atoms with van der Waals surface area (Å²) in [4.78, 5) is 23.0. The molecule has 0 saturated carbocycles. The predicted octanol–water partition coefficient (Wildman–Crippen LogP) is -2.10. The fraction of sp³-hybridized carbons (Fsp3) is 0.714. The number of likely N-dealkylation sites (tertiary alicyclic amines) is 1. The van der Waals surface area contributed by atoms with Gasteiger partial charge in [0, 0.05) is 31.6 Å². The Morgan fingerprint density at radius 3 is 2.25 bits per heavy atom. The Kier molecular flexibility index (Phi) is 1.38. The van der Waals surface area contributed by atoms with Crippen LogP contribution in [0.1, 0.15) is 0 Å². The van der Waals surface area contributed by atoms with Crippen molar-refractivity contribution < 1.29 is 9.59 Å². The standard InChI is InChI=1S/C7H11N3O2/c8-5(11)6(12)10-3-7(4-10)1-9-2-7/h9H,1-4H2,(H2,8,11). The van der Waals surface area contributed by atoms with Crippen LogP contribution in [0, 0.1) is 5.41 Å². The molecule has 2 heterocycles. The van der Waals surface area contributed by atoms with Crippen LogP contribution in [0.15, 0.2) is 0 Å². The van der Waals surface area contributed by atoms with Gasteiger partial charge in [-0.3, -0.25) is 9.59 Å². The molecule has 0 aromatic carbocycles. The lowest BCUT2D eigenvalue weighted by Crippen LogP contribution is -2.72. The highest BCUT2D eigenvalue weighted by atomic mass is 16.2. The smallest absolute Gasteiger partial charge is 0.311 e. The molecule has 0 radical (unpaired) electrons. The maximum Gasteiger partial charge on any atom is 0.311 e. The number of nitrogens with one attached hydrogen (secondary N) is 1. The Morgan fingerprint density at radius 2 is 1.92 bits per heavy atom. The van der Waals surface area contributed by atoms with E-state index in [2.05, 4.69) is 5.32 Å². The van der Waals surface area contributed by atoms with E-state index in [0.717, 1.165) is 13.1 Å². The minimum Gasteiger partial charge on any atom is -0.361 e. The Bertz CT molecular complexity index is 239. The van der Waals surface area contributed by atoms with Gasteiger partial charge in [0.2, 0.25) is 0 Å². The fourth-order valence-corrected chi connectivity index (χ4v) is 1.77. The molecule has 2 aliphatic heterocycles. The number of nitrogens with zero attached hydrogens (tertiary/aromatic N) is 1. The second kappa shape index (κ2) is 2.20. The van der Waals surface area contributed by atoms with Crippen molar-refractivity contribution in [1.29, 1.82) is 0 Å². The number of carbonyl (C=O) groups is 2. The van der Waals surface area contributed by atoms with Crippen LogP contribution >= 0.6 is 0 Å². The number of hydrogen-bond acceptors (Lipinski definition) is 3. The molecular formula is C7H11N3O2. The van der Waals surface area contributed by atoms with Crippen molar-refractivity contribution in [2.75, 3.05) is 26.2 Å². The molecule has 0 aromatic rings. The second-order valence-corrected chi connectivity index (χ2v) is 3.63. The van der Waals surface area contributed by atoms with E-state index < -0.39 is 11.8 Å². The van der Waals surface area contributed by atoms with Crippen molar-refractivity contribution in [1.82, 2.24) is 10.2 Å². The highest BCUT2D eigenvalue weighted by Crippen LogP contribution is 2.33. The van der Waals surface area contributed by atoms with Crippen LogP contribution in [0.4, 0.5) is 0 Å². The van der Waals surface area contributed by atoms with E-state index in [4.69, 9.17) is 5.73 Å². The van der Waals surface area contributed by atoms with Crippen molar-refractivity contribution in [2.24, 2.45) is 11.1 Å². The van der Waals surface area contributed by atoms with Crippen molar-refractivity contribution >= 4 is 11.8 Å². The van der Waals surface area contributed by atoms with Crippen molar-refractivity contribution in [3.05, 3.63) is 0 Å². The molecule has 0 bridgehead atoms. The molecule has 2 saturated heterocycles. The molecule has 12 heavy (non-hydrogen) atoms. The summed E-state index contributed by atoms with van der Waals surface area (Å²) in [6.07, 6.45) is 0. The predicted molar refractivity (Wildman–Crippen MR) is 41.1 cm³/mol. The number of nitrogens with two attached hydrogens (primary N) is 1. The zero-order chi connectivity index (χ0) is 8.77. The monoisotopic (exact) mass is 169 g/mol. The van der Waals surface area contributed by atoms with Gasteiger partial charge in [-0.05, 0) is 0 Å². The zero-order valence-corrected chi connectivity index (χ0v) is 6.67. The van der Waals surface area contributed by atoms with Gasteiger partial charge in [-0.2, -0.15) is 0 Å². The molecule has 2 aliphatic rings. The SMILES string of the molecule is NC(=O)C(=O)N1CC2(CNC2)C1. The lowest BCUT2D eigenvalue weighted by atomic mass is 9.74. The van der Waals surface area contributed by atoms with Crippen LogP contribution in [0.5, 0.6) is 0 Å². The average Bonchev–Trinajstić information content (AvgIpc) is 1.80. The van der Waals surface area contributed by atoms with Crippen LogP contribution in [0.25, 0.3) is 0 Å². The fourth-order valence-electron chi connectivity index (χ4n) is 1.77. The summed E-state index contributed by atoms with van der Waals surface area (Å²) < 4.78 is 0. The van der Waals surface area contributed by atoms with Crippen LogP contribution < -0.4 is 11.1 Å². The van der Waals surface area contributed by atoms with Gasteiger partial charge in [0.25, 0.3) is 0 Å². The van der Waals surface area contributed by atoms with E-state index in [9.17, 15) is 9.59 Å². The molecule has 2 amide bonds. The van der Waals surface area contributed by atoms with Crippen molar-refractivity contribution in [3.8, 4) is 0 Å². The third-order valence-electron chi connectivity index (χ3n) is 2.55. The van der Waals surface area contributed by atoms with E-state index in [1.165, 1.54) is 4.90 Å². The summed E-state index contributed by atoms with van der Waals surface area (Å²) >= 11 is 0. The Labute approximate surface area is 69.9 Å². The summed E-state index contributed by atoms with van der Waals surface area (Å²) in [7, 11) is 0. The molecule has 2 fully saturated rings. The number of hydrogen-bond donors (Lipinski definition) is 2. The van der Waals surface area contributed by atoms with Gasteiger partial charge in [0.05, 0.1) is 0 Å². The van der Waals surface area contributed by atoms with Gasteiger partial charge in [-0.25, -0.2) is 0 Å². The molecule has 5 nitrogen and oxygen atoms in total. The van der Waals surface area contributed by atoms with Crippen LogP contribution in [-0.2, 0) is 9.59 Å². The molecule has 0 aliphatic carbocycles. The Hall–Kier alpha value is -1.10. The van der Waals surface area contributed by atoms with Gasteiger partial charge in [0.15, 0.2) is 0 Å². The van der Waals surface area contributed by atoms with Crippen molar-refractivity contribution in [3.63, 3.8) is 0 Å². The summed E-state index contributed by atoms with van der Waals surface area (Å²) in [5, 5.41) is 3.14. The van der Waals surface area contributed by atoms with Crippen molar-refractivity contribution in [2.45, 2.75) is 0 Å². The Balaban J connectivity index is 1.88. The maximum absolute atomic E-state index is 11.0. The topological polar surface area (TPSA) is 75.4 Å². The van der Waals surface area contributed by atoms with Crippen LogP contribution in [0.2, 0.25) is 0 Å². The molecular weight excluding hydrogens is 158 g/mol. The van der Waals surface area contributed by atoms with Gasteiger partial charge < -0.3 is 16.0 Å². The lowest BCUT2D eigenvalue weighted by molar-refractivity contribution is -0.155. The molecule has 0 atom stereocenters. The number of amides is 2. The Morgan fingerprint density at radius 1 is 1.33 bits per heavy atom. The maximum atomic E-state index is 11.0. The van der Waals surface area contributed by atoms with Crippen LogP contribution in [0.3, 0.4) is 0 Å². The number of rotatable bonds is 0. The van der Waals surface area contributed by atoms with E-state index in [-0.39, 0.29) is 5.41 Å². The summed E-state index contributed by atoms with van der Waals surface area (Å²) in [5.74, 6) is -1.40. The third-order valence-corrected chi connectivity index (χ3v) is 2.55. The molecule has 2 rings (SSSR count). The van der Waals surface area contributed by atoms with Gasteiger partial charge >= 0.3 is 11.8 Å². The molecule has 5 heteroatoms. The van der Waals surface area contributed by atoms with E-state index >= 15 is 0 Å². The first kappa shape index (κ1) is 7.54. The lowest BCUT2D eigenvalue weighted by Gasteiger charge is -2.55. The van der Waals surface area contributed by atoms with E-state index in [0.29, 0.717) is 13.1 Å². The van der Waals surface area contributed by atoms with E-state index in [1.54, 1.807) is 0 Å². The van der Waals surface area contributed by atoms with Gasteiger partial charge in [-0.1, -0.05) is 0 Å². The number of primary amides is 1. The first-order valence-corrected chi connectivity index (χ1v) is 3.92.